The maximum atomic E-state index is 12.1. The Morgan fingerprint density at radius 3 is 1.95 bits per heavy atom. The molecule has 0 aromatic carbocycles. The van der Waals surface area contributed by atoms with Crippen LogP contribution in [-0.4, -0.2) is 44.8 Å². The molecule has 2 heterocycles. The van der Waals surface area contributed by atoms with Gasteiger partial charge in [-0.1, -0.05) is 5.21 Å². The van der Waals surface area contributed by atoms with E-state index < -0.39 is 24.0 Å². The summed E-state index contributed by atoms with van der Waals surface area (Å²) in [5.41, 5.74) is 0.541. The summed E-state index contributed by atoms with van der Waals surface area (Å²) in [5, 5.41) is 15.8. The van der Waals surface area contributed by atoms with Gasteiger partial charge in [0.1, 0.15) is 23.8 Å². The minimum absolute atomic E-state index is 0.332. The molecule has 1 aliphatic rings. The van der Waals surface area contributed by atoms with Crippen LogP contribution in [0.5, 0.6) is 0 Å². The minimum atomic E-state index is -0.758. The average molecular weight is 308 g/mol. The van der Waals surface area contributed by atoms with Crippen molar-refractivity contribution in [3.63, 3.8) is 0 Å². The van der Waals surface area contributed by atoms with Crippen molar-refractivity contribution in [2.24, 2.45) is 0 Å². The van der Waals surface area contributed by atoms with Crippen LogP contribution < -0.4 is 16.0 Å². The molecule has 3 amide bonds. The second-order valence-electron chi connectivity index (χ2n) is 5.49. The second kappa shape index (κ2) is 6.12. The molecule has 22 heavy (non-hydrogen) atoms. The number of carbonyl (C=O) groups is 3. The summed E-state index contributed by atoms with van der Waals surface area (Å²) >= 11 is 0. The predicted molar refractivity (Wildman–Crippen MR) is 76.5 cm³/mol. The Kier molecular flexibility index (Phi) is 4.43. The molecule has 0 saturated heterocycles. The zero-order valence-electron chi connectivity index (χ0n) is 13.0. The third-order valence-electron chi connectivity index (χ3n) is 3.61. The lowest BCUT2D eigenvalue weighted by Gasteiger charge is -2.20. The number of hydrogen-bond acceptors (Lipinski definition) is 5. The van der Waals surface area contributed by atoms with E-state index in [9.17, 15) is 14.4 Å². The summed E-state index contributed by atoms with van der Waals surface area (Å²) in [6, 6.07) is -2.47. The first-order valence-electron chi connectivity index (χ1n) is 7.12. The third-order valence-corrected chi connectivity index (χ3v) is 3.61. The van der Waals surface area contributed by atoms with Gasteiger partial charge < -0.3 is 16.0 Å². The Morgan fingerprint density at radius 1 is 0.864 bits per heavy atom. The van der Waals surface area contributed by atoms with E-state index in [-0.39, 0.29) is 17.9 Å². The Bertz CT molecular complexity index is 598. The van der Waals surface area contributed by atoms with Crippen molar-refractivity contribution in [1.29, 1.82) is 0 Å². The van der Waals surface area contributed by atoms with Gasteiger partial charge in [-0.3, -0.25) is 14.4 Å². The Hall–Kier alpha value is -2.45. The monoisotopic (exact) mass is 308 g/mol. The van der Waals surface area contributed by atoms with Crippen molar-refractivity contribution in [3.8, 4) is 0 Å². The Morgan fingerprint density at radius 2 is 1.36 bits per heavy atom. The van der Waals surface area contributed by atoms with Crippen LogP contribution in [0.25, 0.3) is 0 Å². The summed E-state index contributed by atoms with van der Waals surface area (Å²) < 4.78 is 1.40. The highest BCUT2D eigenvalue weighted by Gasteiger charge is 2.26. The average Bonchev–Trinajstić information content (AvgIpc) is 2.94. The smallest absolute Gasteiger partial charge is 0.245 e. The topological polar surface area (TPSA) is 118 Å². The van der Waals surface area contributed by atoms with E-state index in [4.69, 9.17) is 0 Å². The standard InChI is InChI=1S/C13H20N6O3/c1-6-10-5-19(18-17-10)9(4)13(22)16-8(3)12(21)15-7(2)11(20)14-6/h5-9H,1-4H3,(H,14,20)(H,15,21)(H,16,22)/t6-,7+,8+,9-/m1/s1. The molecule has 0 fully saturated rings. The molecule has 1 aliphatic heterocycles. The summed E-state index contributed by atoms with van der Waals surface area (Å²) in [4.78, 5) is 36.2. The van der Waals surface area contributed by atoms with Crippen LogP contribution in [0.15, 0.2) is 6.20 Å². The molecule has 2 bridgehead atoms. The van der Waals surface area contributed by atoms with E-state index in [1.54, 1.807) is 33.9 Å². The van der Waals surface area contributed by atoms with Crippen molar-refractivity contribution >= 4 is 17.7 Å². The van der Waals surface area contributed by atoms with Crippen LogP contribution in [0.1, 0.15) is 45.5 Å². The molecule has 1 aromatic heterocycles. The van der Waals surface area contributed by atoms with Crippen LogP contribution in [0.2, 0.25) is 0 Å². The molecule has 1 aromatic rings. The number of rotatable bonds is 0. The lowest BCUT2D eigenvalue weighted by atomic mass is 10.2. The maximum absolute atomic E-state index is 12.1. The van der Waals surface area contributed by atoms with Gasteiger partial charge in [0.2, 0.25) is 17.7 Å². The SMILES string of the molecule is C[C@@H]1NC(=O)[C@H](C)NC(=O)[C@@H](C)n2cc(nn2)[C@@H](C)NC1=O. The number of aromatic nitrogens is 3. The third kappa shape index (κ3) is 3.23. The largest absolute Gasteiger partial charge is 0.346 e. The van der Waals surface area contributed by atoms with Gasteiger partial charge in [-0.25, -0.2) is 4.68 Å². The molecule has 0 unspecified atom stereocenters. The molecule has 0 saturated carbocycles. The van der Waals surface area contributed by atoms with Gasteiger partial charge in [0.15, 0.2) is 0 Å². The van der Waals surface area contributed by atoms with Gasteiger partial charge in [0.25, 0.3) is 0 Å². The minimum Gasteiger partial charge on any atom is -0.346 e. The summed E-state index contributed by atoms with van der Waals surface area (Å²) in [5.74, 6) is -1.10. The lowest BCUT2D eigenvalue weighted by Crippen LogP contribution is -2.52. The van der Waals surface area contributed by atoms with E-state index in [2.05, 4.69) is 26.3 Å². The second-order valence-corrected chi connectivity index (χ2v) is 5.49. The molecule has 4 atom stereocenters. The number of fused-ring (bicyclic) bond motifs is 2. The summed E-state index contributed by atoms with van der Waals surface area (Å²) in [6.07, 6.45) is 1.61. The van der Waals surface area contributed by atoms with Gasteiger partial charge in [0, 0.05) is 0 Å². The normalized spacial score (nSPS) is 30.3. The van der Waals surface area contributed by atoms with Crippen molar-refractivity contribution in [1.82, 2.24) is 30.9 Å². The number of amides is 3. The van der Waals surface area contributed by atoms with Crippen molar-refractivity contribution < 1.29 is 14.4 Å². The fourth-order valence-electron chi connectivity index (χ4n) is 2.01. The van der Waals surface area contributed by atoms with Crippen LogP contribution in [0.3, 0.4) is 0 Å². The van der Waals surface area contributed by atoms with E-state index in [1.165, 1.54) is 4.68 Å². The quantitative estimate of drug-likeness (QED) is 0.570. The van der Waals surface area contributed by atoms with Crippen molar-refractivity contribution in [2.75, 3.05) is 0 Å². The van der Waals surface area contributed by atoms with Gasteiger partial charge in [-0.15, -0.1) is 5.10 Å². The Balaban J connectivity index is 2.32. The van der Waals surface area contributed by atoms with E-state index in [1.807, 2.05) is 0 Å². The van der Waals surface area contributed by atoms with Gasteiger partial charge in [-0.2, -0.15) is 0 Å². The highest BCUT2D eigenvalue weighted by atomic mass is 16.2. The van der Waals surface area contributed by atoms with Crippen molar-refractivity contribution in [2.45, 2.75) is 51.9 Å². The first kappa shape index (κ1) is 15.9. The van der Waals surface area contributed by atoms with Crippen LogP contribution in [-0.2, 0) is 14.4 Å². The molecule has 0 spiro atoms. The summed E-state index contributed by atoms with van der Waals surface area (Å²) in [6.45, 7) is 6.55. The number of nitrogens with zero attached hydrogens (tertiary/aromatic N) is 3. The zero-order valence-corrected chi connectivity index (χ0v) is 13.0. The van der Waals surface area contributed by atoms with Crippen LogP contribution in [0, 0.1) is 0 Å². The maximum Gasteiger partial charge on any atom is 0.245 e. The molecular formula is C13H20N6O3. The zero-order chi connectivity index (χ0) is 16.4. The molecular weight excluding hydrogens is 288 g/mol. The highest BCUT2D eigenvalue weighted by Crippen LogP contribution is 2.12. The number of carbonyl (C=O) groups excluding carboxylic acids is 3. The molecule has 9 heteroatoms. The highest BCUT2D eigenvalue weighted by molar-refractivity contribution is 5.92. The summed E-state index contributed by atoms with van der Waals surface area (Å²) in [7, 11) is 0. The Labute approximate surface area is 127 Å². The predicted octanol–water partition coefficient (Wildman–Crippen LogP) is -0.961. The van der Waals surface area contributed by atoms with E-state index in [0.29, 0.717) is 5.69 Å². The number of nitrogens with one attached hydrogen (secondary N) is 3. The van der Waals surface area contributed by atoms with Gasteiger partial charge in [0.05, 0.1) is 12.2 Å². The lowest BCUT2D eigenvalue weighted by molar-refractivity contribution is -0.132. The fourth-order valence-corrected chi connectivity index (χ4v) is 2.01. The molecule has 3 N–H and O–H groups in total. The van der Waals surface area contributed by atoms with E-state index >= 15 is 0 Å². The molecule has 0 aliphatic carbocycles. The number of hydrogen-bond donors (Lipinski definition) is 3. The van der Waals surface area contributed by atoms with E-state index in [0.717, 1.165) is 0 Å². The molecule has 2 rings (SSSR count). The first-order valence-corrected chi connectivity index (χ1v) is 7.12. The van der Waals surface area contributed by atoms with Gasteiger partial charge >= 0.3 is 0 Å². The van der Waals surface area contributed by atoms with Gasteiger partial charge in [-0.05, 0) is 27.7 Å². The molecule has 0 radical (unpaired) electrons. The first-order chi connectivity index (χ1) is 10.3. The fraction of sp³-hybridized carbons (Fsp3) is 0.615. The van der Waals surface area contributed by atoms with Crippen molar-refractivity contribution in [3.05, 3.63) is 11.9 Å². The van der Waals surface area contributed by atoms with Crippen LogP contribution in [0.4, 0.5) is 0 Å². The molecule has 9 nitrogen and oxygen atoms in total. The molecule has 120 valence electrons. The van der Waals surface area contributed by atoms with Crippen LogP contribution >= 0.6 is 0 Å².